The van der Waals surface area contributed by atoms with Crippen molar-refractivity contribution in [2.24, 2.45) is 17.1 Å². The van der Waals surface area contributed by atoms with Gasteiger partial charge in [0.15, 0.2) is 0 Å². The van der Waals surface area contributed by atoms with Crippen LogP contribution in [0, 0.1) is 11.3 Å². The molecule has 0 aliphatic heterocycles. The Balaban J connectivity index is 1.92. The van der Waals surface area contributed by atoms with Crippen molar-refractivity contribution in [2.45, 2.75) is 78.2 Å². The molecule has 0 aromatic heterocycles. The van der Waals surface area contributed by atoms with Gasteiger partial charge in [-0.1, -0.05) is 58.1 Å². The van der Waals surface area contributed by atoms with Crippen molar-refractivity contribution in [3.05, 3.63) is 82.1 Å². The van der Waals surface area contributed by atoms with Gasteiger partial charge < -0.3 is 15.7 Å². The van der Waals surface area contributed by atoms with E-state index in [1.807, 2.05) is 0 Å². The van der Waals surface area contributed by atoms with E-state index in [0.717, 1.165) is 42.4 Å². The molecule has 0 saturated heterocycles. The summed E-state index contributed by atoms with van der Waals surface area (Å²) in [7, 11) is 4.26. The van der Waals surface area contributed by atoms with Gasteiger partial charge in [-0.2, -0.15) is 0 Å². The predicted molar refractivity (Wildman–Crippen MR) is 150 cm³/mol. The number of fused-ring (bicyclic) bond motifs is 3. The molecular weight excluding hydrogens is 428 g/mol. The Bertz CT molecular complexity index is 1180. The van der Waals surface area contributed by atoms with Crippen molar-refractivity contribution < 1.29 is 5.11 Å². The molecule has 3 heteroatoms. The molecule has 188 valence electrons. The number of unbranched alkanes of at least 4 members (excludes halogenated alkanes) is 2. The molecule has 3 N–H and O–H groups in total. The lowest BCUT2D eigenvalue weighted by molar-refractivity contribution is -0.0397. The van der Waals surface area contributed by atoms with Crippen LogP contribution in [0.25, 0.3) is 5.57 Å². The van der Waals surface area contributed by atoms with Gasteiger partial charge in [0.05, 0.1) is 0 Å². The molecule has 1 aromatic rings. The molecule has 3 aliphatic rings. The molecule has 3 aliphatic carbocycles. The first-order valence-electron chi connectivity index (χ1n) is 13.2. The second-order valence-electron chi connectivity index (χ2n) is 11.7. The second kappa shape index (κ2) is 8.85. The summed E-state index contributed by atoms with van der Waals surface area (Å²) in [5.74, 6) is 0.327. The fraction of sp³-hybridized carbons (Fsp3) is 0.500. The lowest BCUT2D eigenvalue weighted by atomic mass is 9.49. The van der Waals surface area contributed by atoms with Crippen molar-refractivity contribution in [1.29, 1.82) is 0 Å². The van der Waals surface area contributed by atoms with E-state index in [9.17, 15) is 5.11 Å². The smallest absolute Gasteiger partial charge is 0.117 e. The minimum absolute atomic E-state index is 0.327. The van der Waals surface area contributed by atoms with E-state index < -0.39 is 5.60 Å². The summed E-state index contributed by atoms with van der Waals surface area (Å²) in [6, 6.07) is 4.60. The van der Waals surface area contributed by atoms with Crippen molar-refractivity contribution in [3.8, 4) is 0 Å². The lowest BCUT2D eigenvalue weighted by Gasteiger charge is -2.57. The van der Waals surface area contributed by atoms with Crippen molar-refractivity contribution in [1.82, 2.24) is 0 Å². The van der Waals surface area contributed by atoms with Crippen LogP contribution >= 0.6 is 0 Å². The van der Waals surface area contributed by atoms with Crippen molar-refractivity contribution in [3.63, 3.8) is 0 Å². The van der Waals surface area contributed by atoms with Gasteiger partial charge in [0.25, 0.3) is 0 Å². The van der Waals surface area contributed by atoms with Crippen LogP contribution in [0.2, 0.25) is 0 Å². The molecule has 0 heterocycles. The Morgan fingerprint density at radius 3 is 2.49 bits per heavy atom. The monoisotopic (exact) mass is 472 g/mol. The van der Waals surface area contributed by atoms with Crippen LogP contribution in [0.4, 0.5) is 5.69 Å². The van der Waals surface area contributed by atoms with Gasteiger partial charge in [-0.3, -0.25) is 0 Å². The van der Waals surface area contributed by atoms with E-state index in [0.29, 0.717) is 17.2 Å². The number of allylic oxidation sites excluding steroid dienone is 4. The number of benzene rings is 1. The topological polar surface area (TPSA) is 49.5 Å². The van der Waals surface area contributed by atoms with Gasteiger partial charge in [-0.05, 0) is 96.9 Å². The average Bonchev–Trinajstić information content (AvgIpc) is 2.76. The number of nitrogens with zero attached hydrogens (tertiary/aromatic N) is 1. The quantitative estimate of drug-likeness (QED) is 0.444. The highest BCUT2D eigenvalue weighted by Gasteiger charge is 2.58. The van der Waals surface area contributed by atoms with Gasteiger partial charge in [0, 0.05) is 36.5 Å². The van der Waals surface area contributed by atoms with Crippen LogP contribution in [0.5, 0.6) is 0 Å². The third kappa shape index (κ3) is 3.66. The van der Waals surface area contributed by atoms with Crippen LogP contribution in [0.3, 0.4) is 0 Å². The van der Waals surface area contributed by atoms with Gasteiger partial charge >= 0.3 is 0 Å². The van der Waals surface area contributed by atoms with Gasteiger partial charge in [-0.15, -0.1) is 0 Å². The number of aryl methyl sites for hydroxylation is 1. The maximum absolute atomic E-state index is 12.5. The number of hydrogen-bond donors (Lipinski definition) is 2. The normalized spacial score (nSPS) is 28.0. The molecule has 4 rings (SSSR count). The third-order valence-electron chi connectivity index (χ3n) is 9.05. The fourth-order valence-electron chi connectivity index (χ4n) is 7.61. The predicted octanol–water partition coefficient (Wildman–Crippen LogP) is 6.88. The Hall–Kier alpha value is -2.52. The van der Waals surface area contributed by atoms with E-state index in [1.165, 1.54) is 52.8 Å². The summed E-state index contributed by atoms with van der Waals surface area (Å²) in [6.07, 6.45) is 7.34. The van der Waals surface area contributed by atoms with Crippen LogP contribution in [0.1, 0.15) is 76.5 Å². The molecule has 3 nitrogen and oxygen atoms in total. The molecule has 0 bridgehead atoms. The van der Waals surface area contributed by atoms with E-state index in [4.69, 9.17) is 12.3 Å². The summed E-state index contributed by atoms with van der Waals surface area (Å²) in [4.78, 5) is 2.23. The van der Waals surface area contributed by atoms with E-state index in [2.05, 4.69) is 72.0 Å². The molecule has 0 spiro atoms. The van der Waals surface area contributed by atoms with Crippen LogP contribution in [-0.4, -0.2) is 24.8 Å². The van der Waals surface area contributed by atoms with Gasteiger partial charge in [0.2, 0.25) is 0 Å². The van der Waals surface area contributed by atoms with Crippen LogP contribution in [-0.2, 0) is 12.8 Å². The second-order valence-corrected chi connectivity index (χ2v) is 11.7. The zero-order valence-electron chi connectivity index (χ0n) is 22.8. The number of anilines is 1. The number of nitrogens with two attached hydrogens (primary N) is 1. The molecule has 0 amide bonds. The number of aliphatic hydroxyl groups is 1. The minimum atomic E-state index is -1.15. The summed E-state index contributed by atoms with van der Waals surface area (Å²) >= 11 is 0. The molecule has 1 aromatic carbocycles. The Labute approximate surface area is 212 Å². The Kier molecular flexibility index (Phi) is 6.47. The largest absolute Gasteiger partial charge is 0.399 e. The highest BCUT2D eigenvalue weighted by Crippen LogP contribution is 2.63. The fourth-order valence-corrected chi connectivity index (χ4v) is 7.61. The van der Waals surface area contributed by atoms with Crippen LogP contribution in [0.15, 0.2) is 65.4 Å². The van der Waals surface area contributed by atoms with E-state index in [-0.39, 0.29) is 5.41 Å². The lowest BCUT2D eigenvalue weighted by Crippen LogP contribution is -2.56. The third-order valence-corrected chi connectivity index (χ3v) is 9.05. The highest BCUT2D eigenvalue weighted by molar-refractivity contribution is 5.88. The molecular formula is C32H44N2O. The zero-order valence-corrected chi connectivity index (χ0v) is 22.8. The Morgan fingerprint density at radius 1 is 1.20 bits per heavy atom. The summed E-state index contributed by atoms with van der Waals surface area (Å²) in [5, 5.41) is 12.5. The maximum atomic E-state index is 12.5. The zero-order chi connectivity index (χ0) is 25.9. The molecule has 35 heavy (non-hydrogen) atoms. The summed E-state index contributed by atoms with van der Waals surface area (Å²) in [6.45, 7) is 21.8. The average molecular weight is 473 g/mol. The molecule has 0 fully saturated rings. The van der Waals surface area contributed by atoms with Crippen molar-refractivity contribution in [2.75, 3.05) is 19.0 Å². The van der Waals surface area contributed by atoms with Gasteiger partial charge in [-0.25, -0.2) is 0 Å². The first kappa shape index (κ1) is 25.6. The number of hydrogen-bond acceptors (Lipinski definition) is 3. The highest BCUT2D eigenvalue weighted by atomic mass is 16.3. The first-order chi connectivity index (χ1) is 16.4. The Morgan fingerprint density at radius 2 is 1.89 bits per heavy atom. The van der Waals surface area contributed by atoms with E-state index >= 15 is 0 Å². The standard InChI is InChI=1S/C32H44N2O/c1-10-11-12-13-24-14-15-27(34(8)9)26-16-25-18-31(7)17-19(2)28(23(6)33)21(4)32(31,35)22(5)29(25)20(3)30(24)26/h14-15,25,35H,3-4,6,10-13,16-18,33H2,1-2,5,7-9H3/t25?,31-,32-/m1/s1. The van der Waals surface area contributed by atoms with Crippen LogP contribution < -0.4 is 10.6 Å². The minimum Gasteiger partial charge on any atom is -0.399 e. The summed E-state index contributed by atoms with van der Waals surface area (Å²) in [5.41, 5.74) is 16.6. The van der Waals surface area contributed by atoms with E-state index in [1.54, 1.807) is 0 Å². The maximum Gasteiger partial charge on any atom is 0.117 e. The molecule has 3 atom stereocenters. The number of rotatable bonds is 6. The SMILES string of the molecule is C=C(N)C1=C(C)C[C@]2(C)CC3Cc4c(N(C)C)ccc(CCCCC)c4C(=C)C3=C(C)[C@]2(O)C1=C. The first-order valence-corrected chi connectivity index (χ1v) is 13.2. The molecule has 0 radical (unpaired) electrons. The summed E-state index contributed by atoms with van der Waals surface area (Å²) < 4.78 is 0. The molecule has 0 saturated carbocycles. The van der Waals surface area contributed by atoms with Gasteiger partial charge in [0.1, 0.15) is 5.60 Å². The molecule has 1 unspecified atom stereocenters. The van der Waals surface area contributed by atoms with Crippen molar-refractivity contribution >= 4 is 11.3 Å².